The molecule has 0 bridgehead atoms. The smallest absolute Gasteiger partial charge is 0.173 e. The van der Waals surface area contributed by atoms with Gasteiger partial charge in [0.1, 0.15) is 0 Å². The first kappa shape index (κ1) is 9.59. The molecule has 2 rings (SSSR count). The molecule has 74 valence electrons. The monoisotopic (exact) mass is 207 g/mol. The molecule has 0 N–H and O–H groups in total. The van der Waals surface area contributed by atoms with Crippen LogP contribution in [0.3, 0.4) is 0 Å². The first-order chi connectivity index (χ1) is 6.50. The molecule has 2 nitrogen and oxygen atoms in total. The van der Waals surface area contributed by atoms with Gasteiger partial charge in [-0.1, -0.05) is 39.0 Å². The van der Waals surface area contributed by atoms with Crippen molar-refractivity contribution in [3.05, 3.63) is 29.8 Å². The summed E-state index contributed by atoms with van der Waals surface area (Å²) in [5.74, 6) is 0. The maximum atomic E-state index is 11.6. The molecular formula is C11H13NOS. The molecule has 14 heavy (non-hydrogen) atoms. The largest absolute Gasteiger partial charge is 0.229 e. The highest BCUT2D eigenvalue weighted by Gasteiger charge is 2.29. The Hall–Kier alpha value is -0.960. The lowest BCUT2D eigenvalue weighted by molar-refractivity contribution is 0.593. The summed E-state index contributed by atoms with van der Waals surface area (Å²) in [6, 6.07) is 7.73. The van der Waals surface area contributed by atoms with Crippen LogP contribution in [0, 0.1) is 5.41 Å². The van der Waals surface area contributed by atoms with Crippen molar-refractivity contribution >= 4 is 16.7 Å². The Balaban J connectivity index is 2.60. The van der Waals surface area contributed by atoms with Crippen LogP contribution in [0.2, 0.25) is 0 Å². The fourth-order valence-electron chi connectivity index (χ4n) is 1.54. The second-order valence-corrected chi connectivity index (χ2v) is 5.56. The molecule has 3 heteroatoms. The zero-order valence-corrected chi connectivity index (χ0v) is 9.39. The van der Waals surface area contributed by atoms with Gasteiger partial charge in [-0.15, -0.1) is 0 Å². The predicted octanol–water partition coefficient (Wildman–Crippen LogP) is 2.56. The number of rotatable bonds is 0. The first-order valence-electron chi connectivity index (χ1n) is 4.60. The molecule has 1 aromatic rings. The Kier molecular flexibility index (Phi) is 2.07. The Labute approximate surface area is 86.7 Å². The maximum absolute atomic E-state index is 11.6. The van der Waals surface area contributed by atoms with E-state index in [9.17, 15) is 4.21 Å². The van der Waals surface area contributed by atoms with Gasteiger partial charge in [-0.25, -0.2) is 4.21 Å². The third-order valence-corrected chi connectivity index (χ3v) is 3.30. The van der Waals surface area contributed by atoms with Gasteiger partial charge < -0.3 is 0 Å². The molecule has 0 spiro atoms. The predicted molar refractivity (Wildman–Crippen MR) is 58.8 cm³/mol. The summed E-state index contributed by atoms with van der Waals surface area (Å²) < 4.78 is 15.9. The molecule has 0 fully saturated rings. The van der Waals surface area contributed by atoms with Crippen molar-refractivity contribution in [2.45, 2.75) is 25.7 Å². The minimum absolute atomic E-state index is 0.0394. The van der Waals surface area contributed by atoms with Crippen LogP contribution in [0.25, 0.3) is 0 Å². The summed E-state index contributed by atoms with van der Waals surface area (Å²) in [7, 11) is -1.19. The number of nitrogens with zero attached hydrogens (tertiary/aromatic N) is 1. The zero-order valence-electron chi connectivity index (χ0n) is 8.57. The van der Waals surface area contributed by atoms with Gasteiger partial charge in [0.25, 0.3) is 0 Å². The summed E-state index contributed by atoms with van der Waals surface area (Å²) in [6.45, 7) is 6.27. The second kappa shape index (κ2) is 3.02. The Bertz CT molecular complexity index is 429. The molecule has 0 saturated carbocycles. The van der Waals surface area contributed by atoms with Crippen LogP contribution >= 0.6 is 0 Å². The van der Waals surface area contributed by atoms with Crippen molar-refractivity contribution in [1.29, 1.82) is 0 Å². The summed E-state index contributed by atoms with van der Waals surface area (Å²) in [5.41, 5.74) is 1.95. The van der Waals surface area contributed by atoms with E-state index in [1.807, 2.05) is 24.3 Å². The van der Waals surface area contributed by atoms with Crippen molar-refractivity contribution in [3.8, 4) is 0 Å². The fourth-order valence-corrected chi connectivity index (χ4v) is 2.72. The molecule has 1 aromatic carbocycles. The normalized spacial score (nSPS) is 20.5. The van der Waals surface area contributed by atoms with Gasteiger partial charge in [0.15, 0.2) is 11.0 Å². The first-order valence-corrected chi connectivity index (χ1v) is 5.71. The number of hydrogen-bond donors (Lipinski definition) is 0. The SMILES string of the molecule is CC(C)(C)C1=NS(=O)c2ccccc21. The van der Waals surface area contributed by atoms with Crippen molar-refractivity contribution < 1.29 is 4.21 Å². The second-order valence-electron chi connectivity index (χ2n) is 4.44. The van der Waals surface area contributed by atoms with Crippen LogP contribution in [0.1, 0.15) is 26.3 Å². The van der Waals surface area contributed by atoms with E-state index in [4.69, 9.17) is 0 Å². The van der Waals surface area contributed by atoms with Gasteiger partial charge in [-0.2, -0.15) is 4.40 Å². The van der Waals surface area contributed by atoms with E-state index in [0.29, 0.717) is 0 Å². The van der Waals surface area contributed by atoms with Gasteiger partial charge in [-0.05, 0) is 6.07 Å². The van der Waals surface area contributed by atoms with Crippen LogP contribution in [0.4, 0.5) is 0 Å². The van der Waals surface area contributed by atoms with Gasteiger partial charge in [-0.3, -0.25) is 0 Å². The third-order valence-electron chi connectivity index (χ3n) is 2.21. The van der Waals surface area contributed by atoms with Gasteiger partial charge >= 0.3 is 0 Å². The van der Waals surface area contributed by atoms with E-state index >= 15 is 0 Å². The van der Waals surface area contributed by atoms with Crippen LogP contribution in [-0.2, 0) is 11.0 Å². The van der Waals surface area contributed by atoms with E-state index in [1.165, 1.54) is 0 Å². The quantitative estimate of drug-likeness (QED) is 0.643. The van der Waals surface area contributed by atoms with Crippen molar-refractivity contribution in [1.82, 2.24) is 0 Å². The lowest BCUT2D eigenvalue weighted by Crippen LogP contribution is -2.19. The highest BCUT2D eigenvalue weighted by atomic mass is 32.2. The average Bonchev–Trinajstić information content (AvgIpc) is 2.44. The number of fused-ring (bicyclic) bond motifs is 1. The summed E-state index contributed by atoms with van der Waals surface area (Å²) in [6.07, 6.45) is 0. The molecule has 0 aliphatic carbocycles. The van der Waals surface area contributed by atoms with Crippen molar-refractivity contribution in [2.24, 2.45) is 9.81 Å². The fraction of sp³-hybridized carbons (Fsp3) is 0.364. The molecule has 1 aliphatic rings. The van der Waals surface area contributed by atoms with E-state index < -0.39 is 11.0 Å². The van der Waals surface area contributed by atoms with Crippen LogP contribution in [0.15, 0.2) is 33.6 Å². The van der Waals surface area contributed by atoms with E-state index in [2.05, 4.69) is 25.2 Å². The van der Waals surface area contributed by atoms with Gasteiger partial charge in [0, 0.05) is 11.0 Å². The van der Waals surface area contributed by atoms with Gasteiger partial charge in [0.05, 0.1) is 10.6 Å². The molecule has 1 atom stereocenters. The van der Waals surface area contributed by atoms with Crippen molar-refractivity contribution in [2.75, 3.05) is 0 Å². The van der Waals surface area contributed by atoms with Crippen molar-refractivity contribution in [3.63, 3.8) is 0 Å². The molecule has 0 radical (unpaired) electrons. The lowest BCUT2D eigenvalue weighted by atomic mass is 9.86. The Morgan fingerprint density at radius 1 is 1.21 bits per heavy atom. The standard InChI is InChI=1S/C11H13NOS/c1-11(2,3)10-8-6-4-5-7-9(8)14(13)12-10/h4-7H,1-3H3. The summed E-state index contributed by atoms with van der Waals surface area (Å²) >= 11 is 0. The molecular weight excluding hydrogens is 194 g/mol. The Morgan fingerprint density at radius 3 is 2.50 bits per heavy atom. The molecule has 0 amide bonds. The molecule has 0 saturated heterocycles. The highest BCUT2D eigenvalue weighted by molar-refractivity contribution is 7.84. The van der Waals surface area contributed by atoms with Crippen LogP contribution in [-0.4, -0.2) is 9.92 Å². The summed E-state index contributed by atoms with van der Waals surface area (Å²) in [5, 5.41) is 0. The molecule has 1 unspecified atom stereocenters. The third kappa shape index (κ3) is 1.42. The van der Waals surface area contributed by atoms with E-state index in [0.717, 1.165) is 16.2 Å². The minimum atomic E-state index is -1.19. The van der Waals surface area contributed by atoms with Gasteiger partial charge in [0.2, 0.25) is 0 Å². The number of hydrogen-bond acceptors (Lipinski definition) is 1. The van der Waals surface area contributed by atoms with E-state index in [-0.39, 0.29) is 5.41 Å². The number of benzene rings is 1. The molecule has 0 aromatic heterocycles. The maximum Gasteiger partial charge on any atom is 0.173 e. The Morgan fingerprint density at radius 2 is 1.86 bits per heavy atom. The van der Waals surface area contributed by atoms with Crippen LogP contribution < -0.4 is 0 Å². The minimum Gasteiger partial charge on any atom is -0.229 e. The topological polar surface area (TPSA) is 29.4 Å². The summed E-state index contributed by atoms with van der Waals surface area (Å²) in [4.78, 5) is 0.845. The lowest BCUT2D eigenvalue weighted by Gasteiger charge is -2.18. The highest BCUT2D eigenvalue weighted by Crippen LogP contribution is 2.31. The molecule has 1 heterocycles. The zero-order chi connectivity index (χ0) is 10.3. The molecule has 1 aliphatic heterocycles. The van der Waals surface area contributed by atoms with Crippen LogP contribution in [0.5, 0.6) is 0 Å². The average molecular weight is 207 g/mol. The van der Waals surface area contributed by atoms with E-state index in [1.54, 1.807) is 0 Å².